The Morgan fingerprint density at radius 2 is 2.26 bits per heavy atom. The van der Waals surface area contributed by atoms with E-state index in [1.165, 1.54) is 16.8 Å². The molecule has 0 atom stereocenters. The van der Waals surface area contributed by atoms with E-state index in [-0.39, 0.29) is 17.3 Å². The van der Waals surface area contributed by atoms with Gasteiger partial charge in [-0.1, -0.05) is 27.7 Å². The number of aromatic amines is 1. The van der Waals surface area contributed by atoms with Crippen molar-refractivity contribution in [2.24, 2.45) is 0 Å². The number of nitrogen functional groups attached to an aromatic ring is 1. The molecule has 1 amide bonds. The van der Waals surface area contributed by atoms with Gasteiger partial charge in [-0.3, -0.25) is 9.89 Å². The molecule has 2 aromatic heterocycles. The van der Waals surface area contributed by atoms with Crippen LogP contribution in [0.3, 0.4) is 0 Å². The Bertz CT molecular complexity index is 1020. The highest BCUT2D eigenvalue weighted by Gasteiger charge is 2.24. The van der Waals surface area contributed by atoms with Crippen molar-refractivity contribution in [3.63, 3.8) is 0 Å². The van der Waals surface area contributed by atoms with E-state index in [2.05, 4.69) is 41.6 Å². The molecule has 4 rings (SSSR count). The van der Waals surface area contributed by atoms with Crippen LogP contribution in [-0.4, -0.2) is 36.7 Å². The average Bonchev–Trinajstić information content (AvgIpc) is 3.32. The van der Waals surface area contributed by atoms with Gasteiger partial charge in [0, 0.05) is 15.7 Å². The van der Waals surface area contributed by atoms with Crippen LogP contribution in [0.5, 0.6) is 0 Å². The van der Waals surface area contributed by atoms with Gasteiger partial charge < -0.3 is 11.2 Å². The molecule has 140 valence electrons. The first kappa shape index (κ1) is 18.0. The highest BCUT2D eigenvalue weighted by atomic mass is 79.9. The number of aryl methyl sites for hydroxylation is 1. The Balaban J connectivity index is 1.43. The van der Waals surface area contributed by atoms with Crippen molar-refractivity contribution in [2.75, 3.05) is 16.9 Å². The lowest BCUT2D eigenvalue weighted by molar-refractivity contribution is -0.113. The Hall–Kier alpha value is -2.40. The highest BCUT2D eigenvalue weighted by Crippen LogP contribution is 2.30. The maximum atomic E-state index is 13.8. The molecule has 0 spiro atoms. The molecular weight excluding hydrogens is 437 g/mol. The van der Waals surface area contributed by atoms with Gasteiger partial charge in [-0.25, -0.2) is 9.07 Å². The number of carbonyl (C=O) groups is 1. The topological polar surface area (TPSA) is 115 Å². The van der Waals surface area contributed by atoms with E-state index in [9.17, 15) is 9.18 Å². The predicted octanol–water partition coefficient (Wildman–Crippen LogP) is 2.50. The van der Waals surface area contributed by atoms with E-state index < -0.39 is 5.82 Å². The lowest BCUT2D eigenvalue weighted by atomic mass is 10.2. The first-order valence-corrected chi connectivity index (χ1v) is 9.95. The summed E-state index contributed by atoms with van der Waals surface area (Å²) in [6.45, 7) is 0. The van der Waals surface area contributed by atoms with Crippen molar-refractivity contribution >= 4 is 39.3 Å². The van der Waals surface area contributed by atoms with Crippen LogP contribution in [0.1, 0.15) is 17.7 Å². The van der Waals surface area contributed by atoms with Crippen LogP contribution in [-0.2, 0) is 17.6 Å². The summed E-state index contributed by atoms with van der Waals surface area (Å²) in [5.74, 6) is 5.68. The molecule has 1 aliphatic carbocycles. The molecule has 27 heavy (non-hydrogen) atoms. The zero-order valence-electron chi connectivity index (χ0n) is 14.0. The van der Waals surface area contributed by atoms with Crippen molar-refractivity contribution in [1.29, 1.82) is 0 Å². The van der Waals surface area contributed by atoms with E-state index in [1.807, 2.05) is 0 Å². The maximum absolute atomic E-state index is 13.8. The quantitative estimate of drug-likeness (QED) is 0.405. The molecule has 0 radical (unpaired) electrons. The number of fused-ring (bicyclic) bond motifs is 1. The van der Waals surface area contributed by atoms with Crippen LogP contribution >= 0.6 is 27.7 Å². The molecule has 0 fully saturated rings. The minimum atomic E-state index is -0.514. The van der Waals surface area contributed by atoms with E-state index in [0.717, 1.165) is 42.3 Å². The summed E-state index contributed by atoms with van der Waals surface area (Å²) in [6, 6.07) is 4.43. The fourth-order valence-corrected chi connectivity index (χ4v) is 3.94. The van der Waals surface area contributed by atoms with Crippen LogP contribution in [0.4, 0.5) is 10.1 Å². The SMILES string of the molecule is Nn1c(SCC(=O)Nc2ccc(Br)cc2F)nnc1-c1n[nH]c2c1CCC2. The van der Waals surface area contributed by atoms with Crippen molar-refractivity contribution in [2.45, 2.75) is 24.4 Å². The second-order valence-corrected chi connectivity index (χ2v) is 7.88. The minimum Gasteiger partial charge on any atom is -0.335 e. The smallest absolute Gasteiger partial charge is 0.234 e. The monoisotopic (exact) mass is 451 g/mol. The second-order valence-electron chi connectivity index (χ2n) is 6.02. The number of aromatic nitrogens is 5. The number of amides is 1. The molecule has 11 heteroatoms. The molecule has 1 aliphatic rings. The third-order valence-electron chi connectivity index (χ3n) is 4.22. The van der Waals surface area contributed by atoms with E-state index in [0.29, 0.717) is 21.1 Å². The number of rotatable bonds is 5. The maximum Gasteiger partial charge on any atom is 0.234 e. The number of hydrogen-bond acceptors (Lipinski definition) is 6. The zero-order chi connectivity index (χ0) is 19.0. The fourth-order valence-electron chi connectivity index (χ4n) is 2.95. The standard InChI is InChI=1S/C16H15BrFN7OS/c17-8-4-5-12(10(18)6-8)20-13(26)7-27-16-24-23-15(25(16)19)14-9-2-1-3-11(9)21-22-14/h4-6H,1-3,7,19H2,(H,20,26)(H,21,22). The number of carbonyl (C=O) groups excluding carboxylic acids is 1. The van der Waals surface area contributed by atoms with Crippen LogP contribution < -0.4 is 11.2 Å². The summed E-state index contributed by atoms with van der Waals surface area (Å²) in [5.41, 5.74) is 3.05. The van der Waals surface area contributed by atoms with Gasteiger partial charge in [-0.2, -0.15) is 5.10 Å². The van der Waals surface area contributed by atoms with Crippen molar-refractivity contribution < 1.29 is 9.18 Å². The largest absolute Gasteiger partial charge is 0.335 e. The molecule has 2 heterocycles. The van der Waals surface area contributed by atoms with Crippen molar-refractivity contribution in [3.8, 4) is 11.5 Å². The minimum absolute atomic E-state index is 0.0174. The van der Waals surface area contributed by atoms with Crippen LogP contribution in [0.15, 0.2) is 27.8 Å². The third kappa shape index (κ3) is 3.56. The molecule has 0 aliphatic heterocycles. The number of nitrogens with one attached hydrogen (secondary N) is 2. The Kier molecular flexibility index (Phi) is 4.87. The van der Waals surface area contributed by atoms with Gasteiger partial charge in [0.25, 0.3) is 0 Å². The van der Waals surface area contributed by atoms with Crippen molar-refractivity contribution in [1.82, 2.24) is 25.1 Å². The van der Waals surface area contributed by atoms with Crippen LogP contribution in [0, 0.1) is 5.82 Å². The summed E-state index contributed by atoms with van der Waals surface area (Å²) < 4.78 is 15.7. The van der Waals surface area contributed by atoms with E-state index >= 15 is 0 Å². The van der Waals surface area contributed by atoms with Gasteiger partial charge in [-0.15, -0.1) is 10.2 Å². The van der Waals surface area contributed by atoms with Crippen LogP contribution in [0.2, 0.25) is 0 Å². The van der Waals surface area contributed by atoms with Crippen LogP contribution in [0.25, 0.3) is 11.5 Å². The van der Waals surface area contributed by atoms with Crippen molar-refractivity contribution in [3.05, 3.63) is 39.7 Å². The molecule has 0 saturated heterocycles. The first-order chi connectivity index (χ1) is 13.0. The number of thioether (sulfide) groups is 1. The number of nitrogens with zero attached hydrogens (tertiary/aromatic N) is 4. The third-order valence-corrected chi connectivity index (χ3v) is 5.66. The van der Waals surface area contributed by atoms with Gasteiger partial charge in [0.15, 0.2) is 0 Å². The molecule has 1 aromatic carbocycles. The average molecular weight is 452 g/mol. The molecule has 4 N–H and O–H groups in total. The summed E-state index contributed by atoms with van der Waals surface area (Å²) in [5, 5.41) is 18.4. The normalized spacial score (nSPS) is 13.0. The van der Waals surface area contributed by atoms with Gasteiger partial charge in [0.05, 0.1) is 11.4 Å². The number of halogens is 2. The highest BCUT2D eigenvalue weighted by molar-refractivity contribution is 9.10. The summed E-state index contributed by atoms with van der Waals surface area (Å²) >= 11 is 4.29. The Morgan fingerprint density at radius 3 is 3.07 bits per heavy atom. The molecule has 0 bridgehead atoms. The van der Waals surface area contributed by atoms with Gasteiger partial charge in [0.1, 0.15) is 11.5 Å². The number of anilines is 1. The number of nitrogens with two attached hydrogens (primary N) is 1. The van der Waals surface area contributed by atoms with E-state index in [1.54, 1.807) is 6.07 Å². The molecule has 3 aromatic rings. The lowest BCUT2D eigenvalue weighted by Crippen LogP contribution is -2.17. The first-order valence-electron chi connectivity index (χ1n) is 8.17. The fraction of sp³-hybridized carbons (Fsp3) is 0.250. The Morgan fingerprint density at radius 1 is 1.41 bits per heavy atom. The van der Waals surface area contributed by atoms with Gasteiger partial charge >= 0.3 is 0 Å². The second kappa shape index (κ2) is 7.31. The summed E-state index contributed by atoms with van der Waals surface area (Å²) in [6.07, 6.45) is 2.97. The predicted molar refractivity (Wildman–Crippen MR) is 103 cm³/mol. The van der Waals surface area contributed by atoms with E-state index in [4.69, 9.17) is 5.84 Å². The van der Waals surface area contributed by atoms with Gasteiger partial charge in [-0.05, 0) is 37.5 Å². The molecule has 0 saturated carbocycles. The summed E-state index contributed by atoms with van der Waals surface area (Å²) in [4.78, 5) is 12.1. The number of hydrogen-bond donors (Lipinski definition) is 3. The zero-order valence-corrected chi connectivity index (χ0v) is 16.4. The van der Waals surface area contributed by atoms with Gasteiger partial charge in [0.2, 0.25) is 16.9 Å². The number of H-pyrrole nitrogens is 1. The molecule has 8 nitrogen and oxygen atoms in total. The Labute approximate surface area is 166 Å². The molecule has 0 unspecified atom stereocenters. The number of benzene rings is 1. The summed E-state index contributed by atoms with van der Waals surface area (Å²) in [7, 11) is 0. The lowest BCUT2D eigenvalue weighted by Gasteiger charge is -2.06. The molecular formula is C16H15BrFN7OS.